The van der Waals surface area contributed by atoms with Gasteiger partial charge in [0.15, 0.2) is 5.76 Å². The highest BCUT2D eigenvalue weighted by Crippen LogP contribution is 2.34. The van der Waals surface area contributed by atoms with E-state index >= 15 is 0 Å². The van der Waals surface area contributed by atoms with Crippen LogP contribution in [-0.4, -0.2) is 42.0 Å². The van der Waals surface area contributed by atoms with E-state index in [2.05, 4.69) is 4.98 Å². The van der Waals surface area contributed by atoms with Crippen LogP contribution in [0.15, 0.2) is 62.7 Å². The summed E-state index contributed by atoms with van der Waals surface area (Å²) in [6.45, 7) is 4.17. The Labute approximate surface area is 193 Å². The Hall–Kier alpha value is -2.84. The predicted octanol–water partition coefficient (Wildman–Crippen LogP) is 5.59. The van der Waals surface area contributed by atoms with E-state index in [1.807, 2.05) is 47.5 Å². The van der Waals surface area contributed by atoms with E-state index in [9.17, 15) is 9.18 Å². The summed E-state index contributed by atoms with van der Waals surface area (Å²) in [5.74, 6) is 0.660. The van der Waals surface area contributed by atoms with Crippen molar-refractivity contribution in [3.05, 3.63) is 76.7 Å². The highest BCUT2D eigenvalue weighted by molar-refractivity contribution is 8.00. The Bertz CT molecular complexity index is 1260. The molecule has 0 atom stereocenters. The molecule has 5 nitrogen and oxygen atoms in total. The largest absolute Gasteiger partial charge is 0.451 e. The third kappa shape index (κ3) is 4.12. The van der Waals surface area contributed by atoms with Crippen LogP contribution in [0.4, 0.5) is 10.1 Å². The zero-order chi connectivity index (χ0) is 22.1. The normalized spacial score (nSPS) is 14.3. The summed E-state index contributed by atoms with van der Waals surface area (Å²) < 4.78 is 21.2. The van der Waals surface area contributed by atoms with Gasteiger partial charge in [-0.1, -0.05) is 42.1 Å². The van der Waals surface area contributed by atoms with Crippen LogP contribution in [0.3, 0.4) is 0 Å². The summed E-state index contributed by atoms with van der Waals surface area (Å²) in [6.07, 6.45) is 0. The third-order valence-corrected chi connectivity index (χ3v) is 7.76. The molecule has 1 fully saturated rings. The summed E-state index contributed by atoms with van der Waals surface area (Å²) >= 11 is 3.23. The monoisotopic (exact) mass is 467 g/mol. The topological polar surface area (TPSA) is 49.6 Å². The predicted molar refractivity (Wildman–Crippen MR) is 127 cm³/mol. The Kier molecular flexibility index (Phi) is 5.89. The molecular formula is C24H22FN3O2S2. The number of piperazine rings is 1. The first kappa shape index (κ1) is 21.0. The van der Waals surface area contributed by atoms with Crippen molar-refractivity contribution in [2.75, 3.05) is 31.1 Å². The number of rotatable bonds is 5. The number of anilines is 1. The van der Waals surface area contributed by atoms with E-state index in [0.717, 1.165) is 21.0 Å². The molecule has 1 aliphatic heterocycles. The van der Waals surface area contributed by atoms with Crippen LogP contribution < -0.4 is 4.90 Å². The zero-order valence-corrected chi connectivity index (χ0v) is 19.2. The highest BCUT2D eigenvalue weighted by Gasteiger charge is 2.28. The highest BCUT2D eigenvalue weighted by atomic mass is 32.2. The number of thiazole rings is 1. The molecule has 2 aromatic carbocycles. The number of fused-ring (bicyclic) bond motifs is 1. The van der Waals surface area contributed by atoms with E-state index in [-0.39, 0.29) is 11.7 Å². The first-order valence-electron chi connectivity index (χ1n) is 10.4. The van der Waals surface area contributed by atoms with Crippen LogP contribution in [0.2, 0.25) is 0 Å². The molecule has 1 saturated heterocycles. The van der Waals surface area contributed by atoms with Gasteiger partial charge in [-0.2, -0.15) is 0 Å². The van der Waals surface area contributed by atoms with Gasteiger partial charge in [0.2, 0.25) is 0 Å². The number of aromatic nitrogens is 1. The summed E-state index contributed by atoms with van der Waals surface area (Å²) in [4.78, 5) is 21.7. The summed E-state index contributed by atoms with van der Waals surface area (Å²) in [5.41, 5.74) is 3.20. The first-order valence-corrected chi connectivity index (χ1v) is 12.3. The molecule has 5 rings (SSSR count). The molecule has 0 radical (unpaired) electrons. The van der Waals surface area contributed by atoms with Crippen molar-refractivity contribution < 1.29 is 13.6 Å². The van der Waals surface area contributed by atoms with Gasteiger partial charge in [0.05, 0.1) is 5.69 Å². The van der Waals surface area contributed by atoms with Crippen molar-refractivity contribution >= 4 is 45.7 Å². The Morgan fingerprint density at radius 1 is 1.12 bits per heavy atom. The lowest BCUT2D eigenvalue weighted by molar-refractivity contribution is 0.0716. The fourth-order valence-electron chi connectivity index (χ4n) is 3.95. The lowest BCUT2D eigenvalue weighted by atomic mass is 10.1. The molecule has 3 heterocycles. The second-order valence-corrected chi connectivity index (χ2v) is 9.76. The first-order chi connectivity index (χ1) is 15.6. The zero-order valence-electron chi connectivity index (χ0n) is 17.6. The summed E-state index contributed by atoms with van der Waals surface area (Å²) in [7, 11) is 0. The number of carbonyl (C=O) groups is 1. The lowest BCUT2D eigenvalue weighted by Gasteiger charge is -2.36. The van der Waals surface area contributed by atoms with Gasteiger partial charge in [0.25, 0.3) is 5.91 Å². The van der Waals surface area contributed by atoms with Gasteiger partial charge in [-0.3, -0.25) is 4.79 Å². The second kappa shape index (κ2) is 8.96. The molecule has 2 aromatic heterocycles. The van der Waals surface area contributed by atoms with Crippen molar-refractivity contribution in [3.8, 4) is 0 Å². The molecule has 0 bridgehead atoms. The average Bonchev–Trinajstić information content (AvgIpc) is 3.40. The maximum atomic E-state index is 14.1. The van der Waals surface area contributed by atoms with Crippen LogP contribution in [-0.2, 0) is 5.75 Å². The molecule has 8 heteroatoms. The number of thioether (sulfide) groups is 1. The molecule has 0 spiro atoms. The number of halogens is 1. The van der Waals surface area contributed by atoms with Crippen LogP contribution in [0, 0.1) is 12.7 Å². The van der Waals surface area contributed by atoms with Gasteiger partial charge >= 0.3 is 0 Å². The number of furan rings is 1. The van der Waals surface area contributed by atoms with E-state index in [0.29, 0.717) is 49.0 Å². The molecule has 0 N–H and O–H groups in total. The average molecular weight is 468 g/mol. The van der Waals surface area contributed by atoms with Gasteiger partial charge in [-0.15, -0.1) is 11.3 Å². The molecule has 32 heavy (non-hydrogen) atoms. The van der Waals surface area contributed by atoms with Crippen molar-refractivity contribution in [1.82, 2.24) is 9.88 Å². The van der Waals surface area contributed by atoms with Crippen LogP contribution in [0.1, 0.15) is 21.8 Å². The molecule has 1 amide bonds. The van der Waals surface area contributed by atoms with E-state index in [1.165, 1.54) is 6.07 Å². The van der Waals surface area contributed by atoms with Gasteiger partial charge in [0.1, 0.15) is 15.7 Å². The van der Waals surface area contributed by atoms with E-state index < -0.39 is 0 Å². The number of nitrogens with zero attached hydrogens (tertiary/aromatic N) is 3. The standard InChI is InChI=1S/C24H22FN3O2S2/c1-16-14-31-24(26-16)32-15-18-17-6-2-5-9-21(17)30-22(18)23(29)28-12-10-27(11-13-28)20-8-4-3-7-19(20)25/h2-9,14H,10-13,15H2,1H3. The van der Waals surface area contributed by atoms with Gasteiger partial charge < -0.3 is 14.2 Å². The Morgan fingerprint density at radius 3 is 2.62 bits per heavy atom. The van der Waals surface area contributed by atoms with Gasteiger partial charge in [0, 0.05) is 54.0 Å². The smallest absolute Gasteiger partial charge is 0.290 e. The molecule has 0 unspecified atom stereocenters. The fourth-order valence-corrected chi connectivity index (χ4v) is 5.83. The molecule has 0 aliphatic carbocycles. The third-order valence-electron chi connectivity index (χ3n) is 5.59. The minimum absolute atomic E-state index is 0.111. The van der Waals surface area contributed by atoms with Gasteiger partial charge in [-0.05, 0) is 25.1 Å². The lowest BCUT2D eigenvalue weighted by Crippen LogP contribution is -2.49. The number of aryl methyl sites for hydroxylation is 1. The maximum absolute atomic E-state index is 14.1. The number of hydrogen-bond donors (Lipinski definition) is 0. The number of hydrogen-bond acceptors (Lipinski definition) is 6. The SMILES string of the molecule is Cc1csc(SCc2c(C(=O)N3CCN(c4ccccc4F)CC3)oc3ccccc23)n1. The van der Waals surface area contributed by atoms with Crippen LogP contribution in [0.5, 0.6) is 0 Å². The number of amides is 1. The van der Waals surface area contributed by atoms with Crippen molar-refractivity contribution in [1.29, 1.82) is 0 Å². The van der Waals surface area contributed by atoms with E-state index in [4.69, 9.17) is 4.42 Å². The minimum atomic E-state index is -0.235. The fraction of sp³-hybridized carbons (Fsp3) is 0.250. The van der Waals surface area contributed by atoms with Gasteiger partial charge in [-0.25, -0.2) is 9.37 Å². The summed E-state index contributed by atoms with van der Waals surface area (Å²) in [5, 5.41) is 2.98. The van der Waals surface area contributed by atoms with Crippen LogP contribution in [0.25, 0.3) is 11.0 Å². The Morgan fingerprint density at radius 2 is 1.88 bits per heavy atom. The number of carbonyl (C=O) groups excluding carboxylic acids is 1. The van der Waals surface area contributed by atoms with Crippen molar-refractivity contribution in [2.45, 2.75) is 17.0 Å². The molecule has 164 valence electrons. The Balaban J connectivity index is 1.36. The minimum Gasteiger partial charge on any atom is -0.451 e. The van der Waals surface area contributed by atoms with Crippen molar-refractivity contribution in [3.63, 3.8) is 0 Å². The summed E-state index contributed by atoms with van der Waals surface area (Å²) in [6, 6.07) is 14.5. The molecule has 1 aliphatic rings. The van der Waals surface area contributed by atoms with E-state index in [1.54, 1.807) is 40.1 Å². The van der Waals surface area contributed by atoms with Crippen LogP contribution >= 0.6 is 23.1 Å². The van der Waals surface area contributed by atoms with Crippen molar-refractivity contribution in [2.24, 2.45) is 0 Å². The molecular weight excluding hydrogens is 445 g/mol. The quantitative estimate of drug-likeness (QED) is 0.358. The second-order valence-electron chi connectivity index (χ2n) is 7.68. The maximum Gasteiger partial charge on any atom is 0.290 e. The molecule has 4 aromatic rings. The molecule has 0 saturated carbocycles. The number of benzene rings is 2. The number of para-hydroxylation sites is 2.